The fraction of sp³-hybridized carbons (Fsp3) is 0.414. The fourth-order valence-corrected chi connectivity index (χ4v) is 4.93. The number of carbonyl (C=O) groups excluding carboxylic acids is 3. The minimum Gasteiger partial charge on any atom is -0.496 e. The Hall–Kier alpha value is -3.61. The van der Waals surface area contributed by atoms with E-state index in [1.807, 2.05) is 37.3 Å². The van der Waals surface area contributed by atoms with Gasteiger partial charge in [-0.3, -0.25) is 9.59 Å². The monoisotopic (exact) mass is 492 g/mol. The van der Waals surface area contributed by atoms with Crippen molar-refractivity contribution in [3.8, 4) is 17.2 Å². The van der Waals surface area contributed by atoms with Gasteiger partial charge in [0.25, 0.3) is 0 Å². The van der Waals surface area contributed by atoms with E-state index in [2.05, 4.69) is 0 Å². The summed E-state index contributed by atoms with van der Waals surface area (Å²) in [7, 11) is 3.08. The number of cyclic esters (lactones) is 1. The Labute approximate surface area is 211 Å². The molecule has 2 aromatic rings. The average molecular weight is 493 g/mol. The molecule has 0 radical (unpaired) electrons. The summed E-state index contributed by atoms with van der Waals surface area (Å²) < 4.78 is 22.9. The van der Waals surface area contributed by atoms with Crippen LogP contribution < -0.4 is 14.2 Å². The van der Waals surface area contributed by atoms with Gasteiger partial charge in [-0.1, -0.05) is 30.4 Å². The summed E-state index contributed by atoms with van der Waals surface area (Å²) in [6.07, 6.45) is 7.13. The highest BCUT2D eigenvalue weighted by molar-refractivity contribution is 5.99. The van der Waals surface area contributed by atoms with Crippen molar-refractivity contribution in [1.29, 1.82) is 0 Å². The maximum atomic E-state index is 13.5. The molecule has 36 heavy (non-hydrogen) atoms. The number of Topliss-reactive ketones (excluding diaryl/α,β-unsaturated/α-hetero) is 1. The molecule has 0 saturated carbocycles. The molecule has 0 spiro atoms. The number of benzene rings is 2. The lowest BCUT2D eigenvalue weighted by atomic mass is 9.83. The molecular formula is C29H32O7. The highest BCUT2D eigenvalue weighted by Gasteiger charge is 2.37. The zero-order valence-corrected chi connectivity index (χ0v) is 21.0. The lowest BCUT2D eigenvalue weighted by molar-refractivity contribution is -0.135. The van der Waals surface area contributed by atoms with Crippen LogP contribution in [0.4, 0.5) is 0 Å². The topological polar surface area (TPSA) is 88.1 Å². The third kappa shape index (κ3) is 5.45. The highest BCUT2D eigenvalue weighted by Crippen LogP contribution is 2.49. The summed E-state index contributed by atoms with van der Waals surface area (Å²) in [5.74, 6) is 0.224. The van der Waals surface area contributed by atoms with Gasteiger partial charge in [0.1, 0.15) is 28.6 Å². The number of methoxy groups -OCH3 is 2. The van der Waals surface area contributed by atoms with Crippen LogP contribution in [0.15, 0.2) is 36.4 Å². The van der Waals surface area contributed by atoms with Gasteiger partial charge in [0.05, 0.1) is 26.7 Å². The van der Waals surface area contributed by atoms with Gasteiger partial charge in [-0.25, -0.2) is 4.79 Å². The Bertz CT molecular complexity index is 1180. The molecule has 0 fully saturated rings. The predicted octanol–water partition coefficient (Wildman–Crippen LogP) is 5.63. The molecule has 0 aliphatic carbocycles. The molecule has 0 unspecified atom stereocenters. The van der Waals surface area contributed by atoms with Crippen molar-refractivity contribution in [1.82, 2.24) is 0 Å². The predicted molar refractivity (Wildman–Crippen MR) is 135 cm³/mol. The first-order valence-corrected chi connectivity index (χ1v) is 12.4. The molecule has 2 aromatic carbocycles. The van der Waals surface area contributed by atoms with Crippen LogP contribution in [-0.2, 0) is 14.3 Å². The number of fused-ring (bicyclic) bond motifs is 2. The Kier molecular flexibility index (Phi) is 8.08. The maximum Gasteiger partial charge on any atom is 0.342 e. The van der Waals surface area contributed by atoms with Gasteiger partial charge >= 0.3 is 11.9 Å². The molecule has 4 rings (SSSR count). The zero-order chi connectivity index (χ0) is 25.7. The number of hydrogen-bond donors (Lipinski definition) is 0. The number of ether oxygens (including phenoxy) is 4. The van der Waals surface area contributed by atoms with E-state index >= 15 is 0 Å². The van der Waals surface area contributed by atoms with Gasteiger partial charge in [-0.15, -0.1) is 0 Å². The summed E-state index contributed by atoms with van der Waals surface area (Å²) in [5, 5.41) is 0. The number of hydrogen-bond acceptors (Lipinski definition) is 7. The van der Waals surface area contributed by atoms with Crippen molar-refractivity contribution in [2.24, 2.45) is 0 Å². The van der Waals surface area contributed by atoms with E-state index in [-0.39, 0.29) is 24.3 Å². The molecule has 7 nitrogen and oxygen atoms in total. The van der Waals surface area contributed by atoms with E-state index in [0.29, 0.717) is 66.0 Å². The van der Waals surface area contributed by atoms with Crippen LogP contribution in [0.2, 0.25) is 0 Å². The first-order valence-electron chi connectivity index (χ1n) is 12.4. The number of para-hydroxylation sites is 1. The zero-order valence-electron chi connectivity index (χ0n) is 21.0. The van der Waals surface area contributed by atoms with Crippen molar-refractivity contribution < 1.29 is 33.3 Å². The molecule has 0 aromatic heterocycles. The van der Waals surface area contributed by atoms with Crippen LogP contribution in [0.25, 0.3) is 6.08 Å². The average Bonchev–Trinajstić information content (AvgIpc) is 2.86. The van der Waals surface area contributed by atoms with Crippen LogP contribution in [-0.4, -0.2) is 38.0 Å². The van der Waals surface area contributed by atoms with Gasteiger partial charge in [-0.05, 0) is 50.3 Å². The third-order valence-electron chi connectivity index (χ3n) is 6.68. The minimum atomic E-state index is -0.513. The highest BCUT2D eigenvalue weighted by atomic mass is 16.5. The largest absolute Gasteiger partial charge is 0.496 e. The third-order valence-corrected chi connectivity index (χ3v) is 6.68. The second kappa shape index (κ2) is 11.4. The van der Waals surface area contributed by atoms with E-state index in [0.717, 1.165) is 12.0 Å². The van der Waals surface area contributed by atoms with Crippen molar-refractivity contribution in [2.45, 2.75) is 63.9 Å². The molecule has 2 heterocycles. The molecule has 0 amide bonds. The van der Waals surface area contributed by atoms with Crippen molar-refractivity contribution in [3.63, 3.8) is 0 Å². The summed E-state index contributed by atoms with van der Waals surface area (Å²) in [6.45, 7) is 1.83. The van der Waals surface area contributed by atoms with Crippen molar-refractivity contribution in [3.05, 3.63) is 58.7 Å². The van der Waals surface area contributed by atoms with E-state index in [1.54, 1.807) is 19.3 Å². The molecular weight excluding hydrogens is 460 g/mol. The van der Waals surface area contributed by atoms with Crippen LogP contribution in [0.3, 0.4) is 0 Å². The maximum absolute atomic E-state index is 13.5. The Morgan fingerprint density at radius 2 is 1.78 bits per heavy atom. The molecule has 2 atom stereocenters. The number of carbonyl (C=O) groups is 3. The van der Waals surface area contributed by atoms with E-state index in [1.165, 1.54) is 7.11 Å². The minimum absolute atomic E-state index is 0.0812. The molecule has 2 aliphatic rings. The smallest absolute Gasteiger partial charge is 0.342 e. The summed E-state index contributed by atoms with van der Waals surface area (Å²) in [6, 6.07) is 9.18. The number of allylic oxidation sites excluding steroid dienone is 1. The van der Waals surface area contributed by atoms with Gasteiger partial charge < -0.3 is 18.9 Å². The van der Waals surface area contributed by atoms with Crippen LogP contribution in [0.1, 0.15) is 84.8 Å². The van der Waals surface area contributed by atoms with Crippen LogP contribution in [0.5, 0.6) is 17.2 Å². The fourth-order valence-electron chi connectivity index (χ4n) is 4.93. The standard InChI is InChI=1S/C29H32O7/c1-18-10-9-13-20(30)12-6-4-5-11-19-16-24-27(28(34-3)26(19)29(32)35-18)22(17-25(31)36-24)21-14-7-8-15-23(21)33-2/h5,7-8,11,14-16,18,22H,4,6,9-10,12-13,17H2,1-3H3/t18-,22+/m0/s1. The molecule has 0 bridgehead atoms. The molecule has 0 N–H and O–H groups in total. The number of ketones is 1. The number of esters is 2. The molecule has 190 valence electrons. The normalized spacial score (nSPS) is 20.9. The summed E-state index contributed by atoms with van der Waals surface area (Å²) in [4.78, 5) is 38.2. The van der Waals surface area contributed by atoms with Gasteiger partial charge in [0, 0.05) is 29.9 Å². The van der Waals surface area contributed by atoms with Crippen LogP contribution >= 0.6 is 0 Å². The first kappa shape index (κ1) is 25.5. The van der Waals surface area contributed by atoms with Crippen molar-refractivity contribution >= 4 is 23.8 Å². The van der Waals surface area contributed by atoms with Gasteiger partial charge in [0.15, 0.2) is 0 Å². The van der Waals surface area contributed by atoms with Crippen molar-refractivity contribution in [2.75, 3.05) is 14.2 Å². The molecule has 2 aliphatic heterocycles. The Balaban J connectivity index is 1.87. The lowest BCUT2D eigenvalue weighted by Crippen LogP contribution is -2.24. The SMILES string of the molecule is COc1ccccc1[C@H]1CC(=O)Oc2cc3c(c(OC)c21)C(=O)O[C@@H](C)CCCC(=O)CCCC=C3. The van der Waals surface area contributed by atoms with Crippen LogP contribution in [0, 0.1) is 0 Å². The second-order valence-electron chi connectivity index (χ2n) is 9.20. The first-order chi connectivity index (χ1) is 17.4. The number of rotatable bonds is 3. The second-order valence-corrected chi connectivity index (χ2v) is 9.20. The Morgan fingerprint density at radius 3 is 2.56 bits per heavy atom. The van der Waals surface area contributed by atoms with E-state index in [4.69, 9.17) is 18.9 Å². The molecule has 0 saturated heterocycles. The van der Waals surface area contributed by atoms with E-state index < -0.39 is 11.9 Å². The summed E-state index contributed by atoms with van der Waals surface area (Å²) in [5.41, 5.74) is 2.26. The van der Waals surface area contributed by atoms with E-state index in [9.17, 15) is 14.4 Å². The van der Waals surface area contributed by atoms with Gasteiger partial charge in [-0.2, -0.15) is 0 Å². The Morgan fingerprint density at radius 1 is 1.00 bits per heavy atom. The lowest BCUT2D eigenvalue weighted by Gasteiger charge is -2.29. The quantitative estimate of drug-likeness (QED) is 0.405. The molecule has 7 heteroatoms. The van der Waals surface area contributed by atoms with Gasteiger partial charge in [0.2, 0.25) is 0 Å². The summed E-state index contributed by atoms with van der Waals surface area (Å²) >= 11 is 0.